The van der Waals surface area contributed by atoms with E-state index in [-0.39, 0.29) is 16.7 Å². The first kappa shape index (κ1) is 14.8. The minimum atomic E-state index is -0.545. The summed E-state index contributed by atoms with van der Waals surface area (Å²) in [6, 6.07) is 3.54. The number of fused-ring (bicyclic) bond motifs is 1. The van der Waals surface area contributed by atoms with Gasteiger partial charge < -0.3 is 4.74 Å². The van der Waals surface area contributed by atoms with Gasteiger partial charge in [-0.15, -0.1) is 0 Å². The summed E-state index contributed by atoms with van der Waals surface area (Å²) < 4.78 is 5.37. The van der Waals surface area contributed by atoms with E-state index in [4.69, 9.17) is 4.74 Å². The molecule has 0 radical (unpaired) electrons. The molecule has 1 aliphatic heterocycles. The fraction of sp³-hybridized carbons (Fsp3) is 0.562. The van der Waals surface area contributed by atoms with Crippen LogP contribution in [0.4, 0.5) is 10.5 Å². The summed E-state index contributed by atoms with van der Waals surface area (Å²) in [4.78, 5) is 24.7. The second-order valence-electron chi connectivity index (χ2n) is 7.05. The lowest BCUT2D eigenvalue weighted by atomic mass is 10.0. The Morgan fingerprint density at radius 3 is 2.36 bits per heavy atom. The smallest absolute Gasteiger partial charge is 0.410 e. The molecule has 0 N–H and O–H groups in total. The van der Waals surface area contributed by atoms with Gasteiger partial charge in [-0.05, 0) is 56.7 Å². The molecule has 1 heterocycles. The van der Waals surface area contributed by atoms with Crippen LogP contribution in [0.15, 0.2) is 12.1 Å². The number of amides is 1. The van der Waals surface area contributed by atoms with Gasteiger partial charge in [0.2, 0.25) is 0 Å². The van der Waals surface area contributed by atoms with Crippen molar-refractivity contribution in [2.45, 2.75) is 58.2 Å². The summed E-state index contributed by atoms with van der Waals surface area (Å²) in [5.74, 6) is 0.307. The van der Waals surface area contributed by atoms with Gasteiger partial charge in [-0.3, -0.25) is 15.0 Å². The first-order valence-electron chi connectivity index (χ1n) is 7.52. The van der Waals surface area contributed by atoms with E-state index in [1.807, 2.05) is 26.8 Å². The van der Waals surface area contributed by atoms with E-state index in [1.165, 1.54) is 0 Å². The minimum Gasteiger partial charge on any atom is -0.444 e. The third-order valence-corrected chi connectivity index (χ3v) is 3.94. The maximum Gasteiger partial charge on any atom is 0.410 e. The summed E-state index contributed by atoms with van der Waals surface area (Å²) in [7, 11) is 0. The highest BCUT2D eigenvalue weighted by atomic mass is 16.6. The van der Waals surface area contributed by atoms with Crippen molar-refractivity contribution in [3.63, 3.8) is 0 Å². The van der Waals surface area contributed by atoms with Gasteiger partial charge >= 0.3 is 6.09 Å². The summed E-state index contributed by atoms with van der Waals surface area (Å²) >= 11 is 0. The Hall–Kier alpha value is -2.11. The van der Waals surface area contributed by atoms with Crippen LogP contribution in [0.25, 0.3) is 0 Å². The van der Waals surface area contributed by atoms with Crippen molar-refractivity contribution in [1.82, 2.24) is 4.90 Å². The Labute approximate surface area is 129 Å². The number of nitrogens with zero attached hydrogens (tertiary/aromatic N) is 2. The predicted octanol–water partition coefficient (Wildman–Crippen LogP) is 3.72. The van der Waals surface area contributed by atoms with Gasteiger partial charge in [0.25, 0.3) is 5.69 Å². The van der Waals surface area contributed by atoms with Crippen LogP contribution in [0.5, 0.6) is 0 Å². The first-order valence-corrected chi connectivity index (χ1v) is 7.52. The number of nitro benzene ring substituents is 1. The summed E-state index contributed by atoms with van der Waals surface area (Å²) in [6.45, 7) is 6.30. The fourth-order valence-corrected chi connectivity index (χ4v) is 2.79. The van der Waals surface area contributed by atoms with Crippen molar-refractivity contribution in [1.29, 1.82) is 0 Å². The molecule has 1 aliphatic carbocycles. The van der Waals surface area contributed by atoms with E-state index in [9.17, 15) is 14.9 Å². The number of rotatable bonds is 2. The highest BCUT2D eigenvalue weighted by molar-refractivity contribution is 5.70. The van der Waals surface area contributed by atoms with E-state index < -0.39 is 5.60 Å². The van der Waals surface area contributed by atoms with Gasteiger partial charge in [0.15, 0.2) is 0 Å². The molecular formula is C16H20N2O4. The molecule has 1 fully saturated rings. The molecule has 0 spiro atoms. The van der Waals surface area contributed by atoms with Crippen molar-refractivity contribution in [3.05, 3.63) is 38.9 Å². The van der Waals surface area contributed by atoms with Crippen LogP contribution in [0.2, 0.25) is 0 Å². The highest BCUT2D eigenvalue weighted by Gasteiger charge is 2.35. The van der Waals surface area contributed by atoms with Gasteiger partial charge in [0.05, 0.1) is 4.92 Å². The topological polar surface area (TPSA) is 72.7 Å². The molecule has 3 rings (SSSR count). The van der Waals surface area contributed by atoms with E-state index in [0.29, 0.717) is 19.0 Å². The predicted molar refractivity (Wildman–Crippen MR) is 80.6 cm³/mol. The number of carbonyl (C=O) groups excluding carboxylic acids is 1. The van der Waals surface area contributed by atoms with Crippen molar-refractivity contribution < 1.29 is 14.5 Å². The number of nitro groups is 1. The molecule has 6 heteroatoms. The minimum absolute atomic E-state index is 0.187. The number of ether oxygens (including phenoxy) is 1. The molecular weight excluding hydrogens is 284 g/mol. The number of hydrogen-bond donors (Lipinski definition) is 0. The SMILES string of the molecule is CC(C)(C)OC(=O)N1Cc2cc(C3CC3)c([N+](=O)[O-])cc2C1. The Bertz CT molecular complexity index is 644. The molecule has 1 aromatic carbocycles. The van der Waals surface area contributed by atoms with Gasteiger partial charge in [0, 0.05) is 24.7 Å². The molecule has 0 unspecified atom stereocenters. The van der Waals surface area contributed by atoms with Crippen molar-refractivity contribution in [2.75, 3.05) is 0 Å². The number of carbonyl (C=O) groups is 1. The zero-order valence-electron chi connectivity index (χ0n) is 13.1. The lowest BCUT2D eigenvalue weighted by Gasteiger charge is -2.24. The molecule has 2 aliphatic rings. The first-order chi connectivity index (χ1) is 10.2. The van der Waals surface area contributed by atoms with Crippen molar-refractivity contribution in [2.24, 2.45) is 0 Å². The molecule has 6 nitrogen and oxygen atoms in total. The van der Waals surface area contributed by atoms with Gasteiger partial charge in [-0.1, -0.05) is 0 Å². The molecule has 1 saturated carbocycles. The zero-order valence-corrected chi connectivity index (χ0v) is 13.1. The van der Waals surface area contributed by atoms with E-state index in [0.717, 1.165) is 29.5 Å². The Kier molecular flexibility index (Phi) is 3.34. The van der Waals surface area contributed by atoms with Crippen molar-refractivity contribution >= 4 is 11.8 Å². The monoisotopic (exact) mass is 304 g/mol. The van der Waals surface area contributed by atoms with Crippen molar-refractivity contribution in [3.8, 4) is 0 Å². The average Bonchev–Trinajstić information content (AvgIpc) is 3.14. The standard InChI is InChI=1S/C16H20N2O4/c1-16(2,3)22-15(19)17-8-11-6-13(10-4-5-10)14(18(20)21)7-12(11)9-17/h6-7,10H,4-5,8-9H2,1-3H3. The van der Waals surface area contributed by atoms with E-state index in [2.05, 4.69) is 0 Å². The lowest BCUT2D eigenvalue weighted by Crippen LogP contribution is -2.33. The van der Waals surface area contributed by atoms with Gasteiger partial charge in [0.1, 0.15) is 5.60 Å². The zero-order chi connectivity index (χ0) is 16.1. The van der Waals surface area contributed by atoms with Crippen LogP contribution in [-0.4, -0.2) is 21.5 Å². The van der Waals surface area contributed by atoms with Crippen LogP contribution < -0.4 is 0 Å². The molecule has 118 valence electrons. The second-order valence-corrected chi connectivity index (χ2v) is 7.05. The lowest BCUT2D eigenvalue weighted by molar-refractivity contribution is -0.385. The Morgan fingerprint density at radius 1 is 1.27 bits per heavy atom. The van der Waals surface area contributed by atoms with Gasteiger partial charge in [-0.25, -0.2) is 4.79 Å². The van der Waals surface area contributed by atoms with Crippen LogP contribution in [0, 0.1) is 10.1 Å². The molecule has 1 aromatic rings. The number of benzene rings is 1. The summed E-state index contributed by atoms with van der Waals surface area (Å²) in [5, 5.41) is 11.3. The Balaban J connectivity index is 1.84. The summed E-state index contributed by atoms with van der Waals surface area (Å²) in [6.07, 6.45) is 1.64. The summed E-state index contributed by atoms with van der Waals surface area (Å²) in [5.41, 5.74) is 2.30. The van der Waals surface area contributed by atoms with E-state index in [1.54, 1.807) is 11.0 Å². The fourth-order valence-electron chi connectivity index (χ4n) is 2.79. The molecule has 0 atom stereocenters. The quantitative estimate of drug-likeness (QED) is 0.616. The van der Waals surface area contributed by atoms with Crippen LogP contribution in [-0.2, 0) is 17.8 Å². The molecule has 1 amide bonds. The van der Waals surface area contributed by atoms with E-state index >= 15 is 0 Å². The van der Waals surface area contributed by atoms with Crippen LogP contribution in [0.3, 0.4) is 0 Å². The molecule has 0 saturated heterocycles. The largest absolute Gasteiger partial charge is 0.444 e. The van der Waals surface area contributed by atoms with Gasteiger partial charge in [-0.2, -0.15) is 0 Å². The maximum atomic E-state index is 12.1. The highest BCUT2D eigenvalue weighted by Crippen LogP contribution is 2.46. The normalized spacial score (nSPS) is 17.3. The third-order valence-electron chi connectivity index (χ3n) is 3.94. The molecule has 0 aromatic heterocycles. The molecule has 0 bridgehead atoms. The van der Waals surface area contributed by atoms with Crippen LogP contribution in [0.1, 0.15) is 56.2 Å². The number of hydrogen-bond acceptors (Lipinski definition) is 4. The Morgan fingerprint density at radius 2 is 1.86 bits per heavy atom. The third kappa shape index (κ3) is 2.91. The molecule has 22 heavy (non-hydrogen) atoms. The maximum absolute atomic E-state index is 12.1. The average molecular weight is 304 g/mol. The van der Waals surface area contributed by atoms with Crippen LogP contribution >= 0.6 is 0 Å². The second kappa shape index (κ2) is 4.97.